The van der Waals surface area contributed by atoms with E-state index in [4.69, 9.17) is 10.5 Å². The van der Waals surface area contributed by atoms with E-state index >= 15 is 0 Å². The standard InChI is InChI=1S/C6H13N3O3/c1-4(10)12-6(9(2)3)8-5(7)11/h6H,1-3H3,(H3,7,8,11). The molecule has 0 fully saturated rings. The van der Waals surface area contributed by atoms with Crippen LogP contribution >= 0.6 is 0 Å². The van der Waals surface area contributed by atoms with Gasteiger partial charge in [-0.15, -0.1) is 0 Å². The first-order valence-corrected chi connectivity index (χ1v) is 3.33. The highest BCUT2D eigenvalue weighted by Gasteiger charge is 2.14. The van der Waals surface area contributed by atoms with Gasteiger partial charge in [-0.1, -0.05) is 0 Å². The maximum atomic E-state index is 10.5. The van der Waals surface area contributed by atoms with Gasteiger partial charge in [-0.2, -0.15) is 0 Å². The molecule has 0 aliphatic heterocycles. The lowest BCUT2D eigenvalue weighted by atomic mass is 10.7. The maximum Gasteiger partial charge on any atom is 0.316 e. The lowest BCUT2D eigenvalue weighted by Gasteiger charge is -2.23. The van der Waals surface area contributed by atoms with Crippen molar-refractivity contribution in [2.24, 2.45) is 5.73 Å². The molecule has 12 heavy (non-hydrogen) atoms. The molecule has 1 atom stereocenters. The average molecular weight is 175 g/mol. The molecule has 0 aromatic heterocycles. The van der Waals surface area contributed by atoms with Crippen molar-refractivity contribution in [1.82, 2.24) is 10.2 Å². The molecule has 70 valence electrons. The number of carbonyl (C=O) groups excluding carboxylic acids is 2. The molecule has 0 saturated heterocycles. The Hall–Kier alpha value is -1.30. The quantitative estimate of drug-likeness (QED) is 0.428. The molecular weight excluding hydrogens is 162 g/mol. The van der Waals surface area contributed by atoms with Crippen LogP contribution in [0.2, 0.25) is 0 Å². The first-order valence-electron chi connectivity index (χ1n) is 3.33. The molecule has 1 unspecified atom stereocenters. The third kappa shape index (κ3) is 4.51. The lowest BCUT2D eigenvalue weighted by molar-refractivity contribution is -0.155. The van der Waals surface area contributed by atoms with Crippen LogP contribution in [0.3, 0.4) is 0 Å². The van der Waals surface area contributed by atoms with Gasteiger partial charge in [0.15, 0.2) is 0 Å². The molecule has 0 saturated carbocycles. The number of nitrogens with zero attached hydrogens (tertiary/aromatic N) is 1. The van der Waals surface area contributed by atoms with Crippen molar-refractivity contribution in [3.05, 3.63) is 0 Å². The number of hydrogen-bond acceptors (Lipinski definition) is 4. The van der Waals surface area contributed by atoms with Crippen LogP contribution in [0.1, 0.15) is 6.92 Å². The summed E-state index contributed by atoms with van der Waals surface area (Å²) < 4.78 is 4.70. The summed E-state index contributed by atoms with van der Waals surface area (Å²) in [6, 6.07) is -0.741. The predicted molar refractivity (Wildman–Crippen MR) is 42.0 cm³/mol. The molecule has 0 spiro atoms. The normalized spacial score (nSPS) is 12.3. The monoisotopic (exact) mass is 175 g/mol. The zero-order valence-corrected chi connectivity index (χ0v) is 7.33. The second kappa shape index (κ2) is 4.55. The van der Waals surface area contributed by atoms with Crippen molar-refractivity contribution in [3.63, 3.8) is 0 Å². The Morgan fingerprint density at radius 1 is 1.50 bits per heavy atom. The maximum absolute atomic E-state index is 10.5. The summed E-state index contributed by atoms with van der Waals surface area (Å²) in [4.78, 5) is 22.4. The van der Waals surface area contributed by atoms with Crippen LogP contribution in [-0.4, -0.2) is 37.3 Å². The third-order valence-electron chi connectivity index (χ3n) is 1.01. The Bertz CT molecular complexity index is 165. The second-order valence-corrected chi connectivity index (χ2v) is 2.43. The number of esters is 1. The Morgan fingerprint density at radius 2 is 2.00 bits per heavy atom. The fraction of sp³-hybridized carbons (Fsp3) is 0.667. The van der Waals surface area contributed by atoms with Gasteiger partial charge in [0.1, 0.15) is 0 Å². The van der Waals surface area contributed by atoms with Gasteiger partial charge in [-0.3, -0.25) is 15.0 Å². The number of nitrogens with one attached hydrogen (secondary N) is 1. The first-order chi connectivity index (χ1) is 5.43. The van der Waals surface area contributed by atoms with Crippen LogP contribution < -0.4 is 11.1 Å². The van der Waals surface area contributed by atoms with Gasteiger partial charge in [0, 0.05) is 6.92 Å². The van der Waals surface area contributed by atoms with Crippen molar-refractivity contribution in [2.45, 2.75) is 13.3 Å². The van der Waals surface area contributed by atoms with Gasteiger partial charge in [0.05, 0.1) is 0 Å². The minimum Gasteiger partial charge on any atom is -0.428 e. The number of rotatable bonds is 3. The smallest absolute Gasteiger partial charge is 0.316 e. The predicted octanol–water partition coefficient (Wildman–Crippen LogP) is -0.937. The average Bonchev–Trinajstić information content (AvgIpc) is 1.83. The summed E-state index contributed by atoms with van der Waals surface area (Å²) in [5.74, 6) is -0.484. The molecule has 0 heterocycles. The van der Waals surface area contributed by atoms with Gasteiger partial charge >= 0.3 is 12.0 Å². The zero-order valence-electron chi connectivity index (χ0n) is 7.33. The number of ether oxygens (including phenoxy) is 1. The molecular formula is C6H13N3O3. The number of primary amides is 1. The SMILES string of the molecule is CC(=O)OC(NC(N)=O)N(C)C. The van der Waals surface area contributed by atoms with Crippen LogP contribution in [0.25, 0.3) is 0 Å². The van der Waals surface area contributed by atoms with Gasteiger partial charge in [0.2, 0.25) is 6.35 Å². The molecule has 3 N–H and O–H groups in total. The zero-order chi connectivity index (χ0) is 9.72. The summed E-state index contributed by atoms with van der Waals surface area (Å²) in [5, 5.41) is 2.23. The van der Waals surface area contributed by atoms with E-state index in [9.17, 15) is 9.59 Å². The number of hydrogen-bond donors (Lipinski definition) is 2. The summed E-state index contributed by atoms with van der Waals surface area (Å²) in [6.45, 7) is 1.25. The van der Waals surface area contributed by atoms with Crippen LogP contribution in [0.4, 0.5) is 4.79 Å². The van der Waals surface area contributed by atoms with Crippen LogP contribution in [0.5, 0.6) is 0 Å². The third-order valence-corrected chi connectivity index (χ3v) is 1.01. The molecule has 0 aromatic carbocycles. The molecule has 0 bridgehead atoms. The second-order valence-electron chi connectivity index (χ2n) is 2.43. The number of urea groups is 1. The molecule has 6 heteroatoms. The number of nitrogens with two attached hydrogens (primary N) is 1. The molecule has 2 amide bonds. The van der Waals surface area contributed by atoms with Gasteiger partial charge in [-0.05, 0) is 14.1 Å². The van der Waals surface area contributed by atoms with E-state index in [1.807, 2.05) is 0 Å². The van der Waals surface area contributed by atoms with Crippen LogP contribution in [0.15, 0.2) is 0 Å². The van der Waals surface area contributed by atoms with E-state index in [0.29, 0.717) is 0 Å². The fourth-order valence-corrected chi connectivity index (χ4v) is 0.543. The highest BCUT2D eigenvalue weighted by Crippen LogP contribution is 1.91. The molecule has 6 nitrogen and oxygen atoms in total. The largest absolute Gasteiger partial charge is 0.428 e. The number of carbonyl (C=O) groups is 2. The van der Waals surface area contributed by atoms with E-state index in [1.54, 1.807) is 14.1 Å². The molecule has 0 radical (unpaired) electrons. The molecule has 0 aromatic rings. The van der Waals surface area contributed by atoms with Crippen LogP contribution in [-0.2, 0) is 9.53 Å². The Labute approximate surface area is 70.7 Å². The number of amides is 2. The van der Waals surface area contributed by atoms with E-state index in [1.165, 1.54) is 11.8 Å². The van der Waals surface area contributed by atoms with E-state index < -0.39 is 18.4 Å². The van der Waals surface area contributed by atoms with Crippen molar-refractivity contribution in [3.8, 4) is 0 Å². The fourth-order valence-electron chi connectivity index (χ4n) is 0.543. The topological polar surface area (TPSA) is 84.7 Å². The first kappa shape index (κ1) is 10.7. The summed E-state index contributed by atoms with van der Waals surface area (Å²) in [7, 11) is 3.28. The van der Waals surface area contributed by atoms with E-state index in [2.05, 4.69) is 5.32 Å². The van der Waals surface area contributed by atoms with Crippen molar-refractivity contribution >= 4 is 12.0 Å². The van der Waals surface area contributed by atoms with E-state index in [-0.39, 0.29) is 0 Å². The van der Waals surface area contributed by atoms with Gasteiger partial charge in [0.25, 0.3) is 0 Å². The van der Waals surface area contributed by atoms with E-state index in [0.717, 1.165) is 0 Å². The van der Waals surface area contributed by atoms with Gasteiger partial charge < -0.3 is 10.5 Å². The van der Waals surface area contributed by atoms with Gasteiger partial charge in [-0.25, -0.2) is 4.79 Å². The minimum absolute atomic E-state index is 0.484. The molecule has 0 rings (SSSR count). The Kier molecular flexibility index (Phi) is 4.06. The summed E-state index contributed by atoms with van der Waals surface area (Å²) in [6.07, 6.45) is -0.806. The lowest BCUT2D eigenvalue weighted by Crippen LogP contribution is -2.49. The minimum atomic E-state index is -0.806. The highest BCUT2D eigenvalue weighted by atomic mass is 16.6. The summed E-state index contributed by atoms with van der Waals surface area (Å²) in [5.41, 5.74) is 4.84. The van der Waals surface area contributed by atoms with Crippen molar-refractivity contribution < 1.29 is 14.3 Å². The summed E-state index contributed by atoms with van der Waals surface area (Å²) >= 11 is 0. The highest BCUT2D eigenvalue weighted by molar-refractivity contribution is 5.72. The molecule has 0 aliphatic carbocycles. The van der Waals surface area contributed by atoms with Crippen LogP contribution in [0, 0.1) is 0 Å². The van der Waals surface area contributed by atoms with Crippen molar-refractivity contribution in [1.29, 1.82) is 0 Å². The van der Waals surface area contributed by atoms with Crippen molar-refractivity contribution in [2.75, 3.05) is 14.1 Å². The Balaban J connectivity index is 4.04. The molecule has 0 aliphatic rings. The Morgan fingerprint density at radius 3 is 2.25 bits per heavy atom.